The van der Waals surface area contributed by atoms with Crippen molar-refractivity contribution in [1.29, 1.82) is 0 Å². The molecule has 0 heterocycles. The monoisotopic (exact) mass is 186 g/mol. The Hall–Kier alpha value is -1.06. The maximum absolute atomic E-state index is 11.3. The normalized spacial score (nSPS) is 32.9. The molecule has 1 aliphatic rings. The predicted octanol–water partition coefficient (Wildman–Crippen LogP) is 1.05. The molecule has 0 spiro atoms. The van der Waals surface area contributed by atoms with Crippen molar-refractivity contribution in [3.63, 3.8) is 0 Å². The van der Waals surface area contributed by atoms with Crippen LogP contribution in [0.1, 0.15) is 26.2 Å². The molecule has 74 valence electrons. The molecular formula is C9H14O4. The Morgan fingerprint density at radius 1 is 1.54 bits per heavy atom. The summed E-state index contributed by atoms with van der Waals surface area (Å²) in [5, 5.41) is 8.98. The maximum atomic E-state index is 11.3. The summed E-state index contributed by atoms with van der Waals surface area (Å²) in [5.41, 5.74) is -1.27. The van der Waals surface area contributed by atoms with E-state index in [0.29, 0.717) is 12.8 Å². The van der Waals surface area contributed by atoms with E-state index in [0.717, 1.165) is 6.42 Å². The third kappa shape index (κ3) is 1.53. The number of hydrogen-bond acceptors (Lipinski definition) is 3. The Balaban J connectivity index is 2.89. The first-order chi connectivity index (χ1) is 6.03. The molecule has 0 aromatic carbocycles. The van der Waals surface area contributed by atoms with Crippen molar-refractivity contribution in [3.8, 4) is 0 Å². The number of carboxylic acid groups (broad SMARTS) is 1. The lowest BCUT2D eigenvalue weighted by molar-refractivity contribution is -0.166. The number of carbonyl (C=O) groups excluding carboxylic acids is 1. The maximum Gasteiger partial charge on any atom is 0.323 e. The van der Waals surface area contributed by atoms with E-state index < -0.39 is 17.4 Å². The smallest absolute Gasteiger partial charge is 0.323 e. The van der Waals surface area contributed by atoms with Crippen LogP contribution in [0.15, 0.2) is 0 Å². The summed E-state index contributed by atoms with van der Waals surface area (Å²) in [4.78, 5) is 22.3. The molecule has 4 nitrogen and oxygen atoms in total. The number of methoxy groups -OCH3 is 1. The molecule has 0 aromatic rings. The van der Waals surface area contributed by atoms with E-state index in [4.69, 9.17) is 5.11 Å². The molecule has 4 heteroatoms. The summed E-state index contributed by atoms with van der Waals surface area (Å²) >= 11 is 0. The Bertz CT molecular complexity index is 236. The van der Waals surface area contributed by atoms with Gasteiger partial charge in [-0.3, -0.25) is 9.59 Å². The van der Waals surface area contributed by atoms with E-state index in [-0.39, 0.29) is 5.92 Å². The highest BCUT2D eigenvalue weighted by Gasteiger charge is 2.51. The first kappa shape index (κ1) is 10.0. The lowest BCUT2D eigenvalue weighted by Crippen LogP contribution is -2.37. The Morgan fingerprint density at radius 3 is 2.46 bits per heavy atom. The minimum Gasteiger partial charge on any atom is -0.480 e. The van der Waals surface area contributed by atoms with Gasteiger partial charge in [0.1, 0.15) is 0 Å². The van der Waals surface area contributed by atoms with Crippen molar-refractivity contribution in [3.05, 3.63) is 0 Å². The fourth-order valence-corrected chi connectivity index (χ4v) is 1.95. The fraction of sp³-hybridized carbons (Fsp3) is 0.778. The summed E-state index contributed by atoms with van der Waals surface area (Å²) in [6.45, 7) is 1.95. The standard InChI is InChI=1S/C9H14O4/c1-6-3-4-9(5-6,7(10)11)8(12)13-2/h6H,3-5H2,1-2H3,(H,10,11). The zero-order valence-corrected chi connectivity index (χ0v) is 7.87. The summed E-state index contributed by atoms with van der Waals surface area (Å²) in [7, 11) is 1.23. The zero-order valence-electron chi connectivity index (χ0n) is 7.87. The van der Waals surface area contributed by atoms with Gasteiger partial charge in [-0.25, -0.2) is 0 Å². The van der Waals surface area contributed by atoms with E-state index in [9.17, 15) is 9.59 Å². The van der Waals surface area contributed by atoms with Crippen LogP contribution in [0.5, 0.6) is 0 Å². The molecule has 2 unspecified atom stereocenters. The van der Waals surface area contributed by atoms with Crippen LogP contribution in [0.4, 0.5) is 0 Å². The molecule has 0 saturated heterocycles. The molecule has 13 heavy (non-hydrogen) atoms. The highest BCUT2D eigenvalue weighted by Crippen LogP contribution is 2.42. The molecule has 1 fully saturated rings. The van der Waals surface area contributed by atoms with Crippen molar-refractivity contribution < 1.29 is 19.4 Å². The first-order valence-corrected chi connectivity index (χ1v) is 4.35. The second kappa shape index (κ2) is 3.36. The molecule has 1 aliphatic carbocycles. The first-order valence-electron chi connectivity index (χ1n) is 4.35. The van der Waals surface area contributed by atoms with Gasteiger partial charge in [0.05, 0.1) is 7.11 Å². The minimum atomic E-state index is -1.27. The molecule has 1 rings (SSSR count). The minimum absolute atomic E-state index is 0.287. The third-order valence-electron chi connectivity index (χ3n) is 2.75. The van der Waals surface area contributed by atoms with Gasteiger partial charge in [0.25, 0.3) is 0 Å². The molecule has 0 bridgehead atoms. The molecule has 0 radical (unpaired) electrons. The number of carboxylic acids is 1. The highest BCUT2D eigenvalue weighted by atomic mass is 16.5. The SMILES string of the molecule is COC(=O)C1(C(=O)O)CCC(C)C1. The molecule has 0 aromatic heterocycles. The molecule has 2 atom stereocenters. The number of ether oxygens (including phenoxy) is 1. The van der Waals surface area contributed by atoms with Gasteiger partial charge in [-0.1, -0.05) is 6.92 Å². The Labute approximate surface area is 76.9 Å². The van der Waals surface area contributed by atoms with E-state index in [2.05, 4.69) is 4.74 Å². The number of hydrogen-bond donors (Lipinski definition) is 1. The summed E-state index contributed by atoms with van der Waals surface area (Å²) in [6, 6.07) is 0. The van der Waals surface area contributed by atoms with Gasteiger partial charge in [-0.05, 0) is 25.2 Å². The fourth-order valence-electron chi connectivity index (χ4n) is 1.95. The highest BCUT2D eigenvalue weighted by molar-refractivity contribution is 5.99. The molecule has 1 N–H and O–H groups in total. The van der Waals surface area contributed by atoms with E-state index in [1.165, 1.54) is 7.11 Å². The van der Waals surface area contributed by atoms with Crippen LogP contribution in [0.3, 0.4) is 0 Å². The second-order valence-corrected chi connectivity index (χ2v) is 3.73. The third-order valence-corrected chi connectivity index (χ3v) is 2.75. The number of esters is 1. The van der Waals surface area contributed by atoms with E-state index in [1.54, 1.807) is 0 Å². The van der Waals surface area contributed by atoms with Crippen LogP contribution >= 0.6 is 0 Å². The van der Waals surface area contributed by atoms with Gasteiger partial charge in [0, 0.05) is 0 Å². The van der Waals surface area contributed by atoms with Crippen LogP contribution in [0.2, 0.25) is 0 Å². The summed E-state index contributed by atoms with van der Waals surface area (Å²) in [5.74, 6) is -1.37. The molecule has 1 saturated carbocycles. The molecule has 0 amide bonds. The van der Waals surface area contributed by atoms with Crippen LogP contribution in [-0.2, 0) is 14.3 Å². The van der Waals surface area contributed by atoms with Crippen LogP contribution in [0.25, 0.3) is 0 Å². The quantitative estimate of drug-likeness (QED) is 0.517. The predicted molar refractivity (Wildman–Crippen MR) is 45.1 cm³/mol. The lowest BCUT2D eigenvalue weighted by atomic mass is 9.85. The Kier molecular flexibility index (Phi) is 2.59. The van der Waals surface area contributed by atoms with E-state index in [1.807, 2.05) is 6.92 Å². The number of aliphatic carboxylic acids is 1. The second-order valence-electron chi connectivity index (χ2n) is 3.73. The topological polar surface area (TPSA) is 63.6 Å². The molecule has 0 aliphatic heterocycles. The number of rotatable bonds is 2. The van der Waals surface area contributed by atoms with Gasteiger partial charge in [0.2, 0.25) is 0 Å². The van der Waals surface area contributed by atoms with Gasteiger partial charge in [-0.2, -0.15) is 0 Å². The van der Waals surface area contributed by atoms with Crippen molar-refractivity contribution in [2.45, 2.75) is 26.2 Å². The van der Waals surface area contributed by atoms with Crippen molar-refractivity contribution in [2.24, 2.45) is 11.3 Å². The zero-order chi connectivity index (χ0) is 10.1. The largest absolute Gasteiger partial charge is 0.480 e. The van der Waals surface area contributed by atoms with Crippen molar-refractivity contribution in [1.82, 2.24) is 0 Å². The number of carbonyl (C=O) groups is 2. The summed E-state index contributed by atoms with van der Waals surface area (Å²) < 4.78 is 4.53. The van der Waals surface area contributed by atoms with Gasteiger partial charge >= 0.3 is 11.9 Å². The Morgan fingerprint density at radius 2 is 2.15 bits per heavy atom. The van der Waals surface area contributed by atoms with Gasteiger partial charge in [-0.15, -0.1) is 0 Å². The van der Waals surface area contributed by atoms with Gasteiger partial charge < -0.3 is 9.84 Å². The van der Waals surface area contributed by atoms with Gasteiger partial charge in [0.15, 0.2) is 5.41 Å². The van der Waals surface area contributed by atoms with E-state index >= 15 is 0 Å². The van der Waals surface area contributed by atoms with Crippen LogP contribution in [0, 0.1) is 11.3 Å². The lowest BCUT2D eigenvalue weighted by Gasteiger charge is -2.20. The summed E-state index contributed by atoms with van der Waals surface area (Å²) in [6.07, 6.45) is 1.58. The van der Waals surface area contributed by atoms with Crippen LogP contribution in [-0.4, -0.2) is 24.2 Å². The average molecular weight is 186 g/mol. The van der Waals surface area contributed by atoms with Crippen LogP contribution < -0.4 is 0 Å². The average Bonchev–Trinajstić information content (AvgIpc) is 2.47. The van der Waals surface area contributed by atoms with Crippen molar-refractivity contribution in [2.75, 3.05) is 7.11 Å². The molecular weight excluding hydrogens is 172 g/mol. The van der Waals surface area contributed by atoms with Crippen molar-refractivity contribution >= 4 is 11.9 Å².